The molecule has 6 heteroatoms. The van der Waals surface area contributed by atoms with Crippen molar-refractivity contribution in [1.82, 2.24) is 0 Å². The Balaban J connectivity index is 2.19. The summed E-state index contributed by atoms with van der Waals surface area (Å²) in [6.07, 6.45) is 1.52. The Bertz CT molecular complexity index is 788. The lowest BCUT2D eigenvalue weighted by Gasteiger charge is -2.05. The number of hydrogen-bond acceptors (Lipinski definition) is 3. The molecule has 0 radical (unpaired) electrons. The van der Waals surface area contributed by atoms with Gasteiger partial charge in [-0.3, -0.25) is 0 Å². The van der Waals surface area contributed by atoms with E-state index >= 15 is 0 Å². The van der Waals surface area contributed by atoms with Crippen LogP contribution in [0.1, 0.15) is 11.1 Å². The van der Waals surface area contributed by atoms with Gasteiger partial charge < -0.3 is 5.73 Å². The van der Waals surface area contributed by atoms with Crippen LogP contribution in [0.5, 0.6) is 0 Å². The molecular formula is C15H13BrClNO2S. The lowest BCUT2D eigenvalue weighted by atomic mass is 10.2. The van der Waals surface area contributed by atoms with Gasteiger partial charge in [-0.15, -0.1) is 0 Å². The average Bonchev–Trinajstić information content (AvgIpc) is 2.40. The van der Waals surface area contributed by atoms with Crippen LogP contribution in [0.3, 0.4) is 0 Å². The Morgan fingerprint density at radius 1 is 1.19 bits per heavy atom. The van der Waals surface area contributed by atoms with Crippen molar-refractivity contribution in [3.63, 3.8) is 0 Å². The molecule has 0 heterocycles. The van der Waals surface area contributed by atoms with Crippen molar-refractivity contribution in [2.45, 2.75) is 5.75 Å². The van der Waals surface area contributed by atoms with E-state index in [2.05, 4.69) is 15.9 Å². The molecule has 0 saturated heterocycles. The third-order valence-corrected chi connectivity index (χ3v) is 4.77. The van der Waals surface area contributed by atoms with Crippen molar-refractivity contribution >= 4 is 49.1 Å². The molecule has 2 N–H and O–H groups in total. The second kappa shape index (κ2) is 6.64. The summed E-state index contributed by atoms with van der Waals surface area (Å²) < 4.78 is 25.0. The van der Waals surface area contributed by atoms with Crippen molar-refractivity contribution in [1.29, 1.82) is 0 Å². The van der Waals surface area contributed by atoms with Gasteiger partial charge in [0.2, 0.25) is 0 Å². The van der Waals surface area contributed by atoms with Gasteiger partial charge in [0, 0.05) is 20.6 Å². The van der Waals surface area contributed by atoms with E-state index in [-0.39, 0.29) is 5.75 Å². The van der Waals surface area contributed by atoms with Crippen LogP contribution in [0, 0.1) is 0 Å². The van der Waals surface area contributed by atoms with E-state index in [1.807, 2.05) is 0 Å². The molecule has 0 fully saturated rings. The van der Waals surface area contributed by atoms with Crippen molar-refractivity contribution in [3.05, 3.63) is 68.5 Å². The zero-order valence-electron chi connectivity index (χ0n) is 11.0. The van der Waals surface area contributed by atoms with Gasteiger partial charge in [-0.2, -0.15) is 0 Å². The molecule has 2 aromatic rings. The second-order valence-corrected chi connectivity index (χ2v) is 7.75. The fourth-order valence-corrected chi connectivity index (χ4v) is 3.49. The second-order valence-electron chi connectivity index (χ2n) is 4.51. The molecule has 21 heavy (non-hydrogen) atoms. The van der Waals surface area contributed by atoms with Crippen LogP contribution in [0.15, 0.2) is 52.3 Å². The normalized spacial score (nSPS) is 11.9. The third kappa shape index (κ3) is 4.88. The van der Waals surface area contributed by atoms with E-state index in [0.717, 1.165) is 10.0 Å². The van der Waals surface area contributed by atoms with Gasteiger partial charge in [0.05, 0.1) is 5.75 Å². The van der Waals surface area contributed by atoms with Gasteiger partial charge in [-0.05, 0) is 41.5 Å². The number of nitrogen functional groups attached to an aromatic ring is 1. The van der Waals surface area contributed by atoms with E-state index in [9.17, 15) is 8.42 Å². The summed E-state index contributed by atoms with van der Waals surface area (Å²) in [4.78, 5) is 0. The van der Waals surface area contributed by atoms with E-state index in [1.54, 1.807) is 42.5 Å². The molecule has 0 aliphatic heterocycles. The van der Waals surface area contributed by atoms with E-state index in [1.165, 1.54) is 11.5 Å². The number of hydrogen-bond donors (Lipinski definition) is 1. The first kappa shape index (κ1) is 16.1. The standard InChI is InChI=1S/C15H13BrClNO2S/c16-13-5-4-12(15(18)9-13)10-21(19,20)7-6-11-2-1-3-14(17)8-11/h1-9H,10,18H2. The van der Waals surface area contributed by atoms with Crippen LogP contribution >= 0.6 is 27.5 Å². The van der Waals surface area contributed by atoms with Crippen LogP contribution < -0.4 is 5.73 Å². The predicted molar refractivity (Wildman–Crippen MR) is 91.7 cm³/mol. The number of anilines is 1. The summed E-state index contributed by atoms with van der Waals surface area (Å²) in [5, 5.41) is 1.74. The first-order valence-electron chi connectivity index (χ1n) is 6.06. The average molecular weight is 387 g/mol. The number of rotatable bonds is 4. The molecule has 3 nitrogen and oxygen atoms in total. The number of sulfone groups is 1. The molecule has 0 aliphatic carbocycles. The molecule has 0 aromatic heterocycles. The quantitative estimate of drug-likeness (QED) is 0.798. The first-order valence-corrected chi connectivity index (χ1v) is 8.95. The summed E-state index contributed by atoms with van der Waals surface area (Å²) in [6.45, 7) is 0. The molecule has 0 spiro atoms. The lowest BCUT2D eigenvalue weighted by Crippen LogP contribution is -2.03. The monoisotopic (exact) mass is 385 g/mol. The minimum absolute atomic E-state index is 0.136. The summed E-state index contributed by atoms with van der Waals surface area (Å²) in [7, 11) is -3.40. The van der Waals surface area contributed by atoms with Gasteiger partial charge in [-0.25, -0.2) is 8.42 Å². The fourth-order valence-electron chi connectivity index (χ4n) is 1.75. The number of halogens is 2. The highest BCUT2D eigenvalue weighted by atomic mass is 79.9. The van der Waals surface area contributed by atoms with Gasteiger partial charge in [0.25, 0.3) is 0 Å². The van der Waals surface area contributed by atoms with Crippen molar-refractivity contribution in [3.8, 4) is 0 Å². The summed E-state index contributed by atoms with van der Waals surface area (Å²) in [6, 6.07) is 12.1. The van der Waals surface area contributed by atoms with E-state index < -0.39 is 9.84 Å². The van der Waals surface area contributed by atoms with Crippen LogP contribution in [0.2, 0.25) is 5.02 Å². The summed E-state index contributed by atoms with van der Waals surface area (Å²) >= 11 is 9.14. The molecule has 2 rings (SSSR count). The van der Waals surface area contributed by atoms with Crippen LogP contribution in [0.4, 0.5) is 5.69 Å². The molecule has 110 valence electrons. The Hall–Kier alpha value is -1.30. The minimum atomic E-state index is -3.40. The molecule has 0 amide bonds. The van der Waals surface area contributed by atoms with E-state index in [4.69, 9.17) is 17.3 Å². The zero-order valence-corrected chi connectivity index (χ0v) is 14.1. The first-order chi connectivity index (χ1) is 9.85. The highest BCUT2D eigenvalue weighted by Crippen LogP contribution is 2.21. The van der Waals surface area contributed by atoms with Crippen molar-refractivity contribution in [2.24, 2.45) is 0 Å². The molecular weight excluding hydrogens is 374 g/mol. The van der Waals surface area contributed by atoms with E-state index in [0.29, 0.717) is 16.3 Å². The van der Waals surface area contributed by atoms with Gasteiger partial charge in [-0.1, -0.05) is 45.7 Å². The summed E-state index contributed by atoms with van der Waals surface area (Å²) in [5.74, 6) is -0.136. The highest BCUT2D eigenvalue weighted by molar-refractivity contribution is 9.10. The highest BCUT2D eigenvalue weighted by Gasteiger charge is 2.10. The molecule has 0 unspecified atom stereocenters. The Morgan fingerprint density at radius 3 is 2.62 bits per heavy atom. The smallest absolute Gasteiger partial charge is 0.175 e. The van der Waals surface area contributed by atoms with Gasteiger partial charge in [0.15, 0.2) is 9.84 Å². The maximum Gasteiger partial charge on any atom is 0.175 e. The topological polar surface area (TPSA) is 60.2 Å². The van der Waals surface area contributed by atoms with Gasteiger partial charge in [0.1, 0.15) is 0 Å². The predicted octanol–water partition coefficient (Wildman–Crippen LogP) is 4.27. The zero-order chi connectivity index (χ0) is 15.5. The van der Waals surface area contributed by atoms with Crippen molar-refractivity contribution in [2.75, 3.05) is 5.73 Å². The SMILES string of the molecule is Nc1cc(Br)ccc1CS(=O)(=O)C=Cc1cccc(Cl)c1. The Labute approximate surface area is 137 Å². The number of nitrogens with two attached hydrogens (primary N) is 1. The largest absolute Gasteiger partial charge is 0.398 e. The minimum Gasteiger partial charge on any atom is -0.398 e. The maximum absolute atomic E-state index is 12.1. The maximum atomic E-state index is 12.1. The lowest BCUT2D eigenvalue weighted by molar-refractivity contribution is 0.604. The molecule has 0 saturated carbocycles. The number of benzene rings is 2. The van der Waals surface area contributed by atoms with Crippen LogP contribution in [0.25, 0.3) is 6.08 Å². The fraction of sp³-hybridized carbons (Fsp3) is 0.0667. The Kier molecular flexibility index (Phi) is 5.08. The van der Waals surface area contributed by atoms with Crippen molar-refractivity contribution < 1.29 is 8.42 Å². The Morgan fingerprint density at radius 2 is 1.95 bits per heavy atom. The molecule has 0 atom stereocenters. The van der Waals surface area contributed by atoms with Gasteiger partial charge >= 0.3 is 0 Å². The molecule has 2 aromatic carbocycles. The van der Waals surface area contributed by atoms with Crippen LogP contribution in [-0.2, 0) is 15.6 Å². The summed E-state index contributed by atoms with van der Waals surface area (Å²) in [5.41, 5.74) is 7.58. The third-order valence-electron chi connectivity index (χ3n) is 2.78. The molecule has 0 aliphatic rings. The molecule has 0 bridgehead atoms. The van der Waals surface area contributed by atoms with Crippen LogP contribution in [-0.4, -0.2) is 8.42 Å².